The van der Waals surface area contributed by atoms with Gasteiger partial charge in [-0.1, -0.05) is 106 Å². The molecule has 0 saturated carbocycles. The fraction of sp³-hybridized carbons (Fsp3) is 0.238. The van der Waals surface area contributed by atoms with Gasteiger partial charge in [-0.3, -0.25) is 4.79 Å². The summed E-state index contributed by atoms with van der Waals surface area (Å²) in [6, 6.07) is 28.0. The molecule has 1 fully saturated rings. The van der Waals surface area contributed by atoms with Gasteiger partial charge in [0.25, 0.3) is 0 Å². The standard InChI is InChI=1S/C42H37F5N2O6S/c1-42(2,3)29-16-14-26(15-17-29)23-48(40(50)32-20-21-49(32)56(52,53)39-37(46)35(44)34(43)36(45)38(39)47)30-18-19-31(41(51)55-25-28-12-8-5-9-13-28)33(22-30)54-24-27-10-6-4-7-11-27/h4-19,22,32H,20-21,23-25H2,1-3H3/t32-/m1/s1. The second-order valence-electron chi connectivity index (χ2n) is 14.2. The largest absolute Gasteiger partial charge is 0.488 e. The fourth-order valence-corrected chi connectivity index (χ4v) is 7.84. The highest BCUT2D eigenvalue weighted by Gasteiger charge is 2.48. The molecule has 0 spiro atoms. The number of esters is 1. The first-order valence-corrected chi connectivity index (χ1v) is 19.0. The van der Waals surface area contributed by atoms with Gasteiger partial charge in [0.2, 0.25) is 21.7 Å². The first kappa shape index (κ1) is 40.1. The molecule has 14 heteroatoms. The molecule has 1 amide bonds. The lowest BCUT2D eigenvalue weighted by atomic mass is 9.86. The smallest absolute Gasteiger partial charge is 0.342 e. The lowest BCUT2D eigenvalue weighted by Crippen LogP contribution is -2.59. The van der Waals surface area contributed by atoms with E-state index >= 15 is 0 Å². The SMILES string of the molecule is CC(C)(C)c1ccc(CN(C(=O)[C@H]2CCN2S(=O)(=O)c2c(F)c(F)c(F)c(F)c2F)c2ccc(C(=O)OCc3ccccc3)c(OCc3ccccc3)c2)cc1. The minimum Gasteiger partial charge on any atom is -0.488 e. The summed E-state index contributed by atoms with van der Waals surface area (Å²) in [5, 5.41) is 0. The Kier molecular flexibility index (Phi) is 11.6. The van der Waals surface area contributed by atoms with Crippen LogP contribution in [0.25, 0.3) is 0 Å². The molecule has 0 unspecified atom stereocenters. The van der Waals surface area contributed by atoms with E-state index in [2.05, 4.69) is 0 Å². The Morgan fingerprint density at radius 1 is 0.732 bits per heavy atom. The van der Waals surface area contributed by atoms with E-state index < -0.39 is 68.5 Å². The van der Waals surface area contributed by atoms with Gasteiger partial charge >= 0.3 is 5.97 Å². The molecule has 292 valence electrons. The maximum Gasteiger partial charge on any atom is 0.342 e. The molecule has 0 aromatic heterocycles. The van der Waals surface area contributed by atoms with Crippen LogP contribution >= 0.6 is 0 Å². The number of carbonyl (C=O) groups excluding carboxylic acids is 2. The number of nitrogens with zero attached hydrogens (tertiary/aromatic N) is 2. The number of amides is 1. The van der Waals surface area contributed by atoms with Crippen molar-refractivity contribution in [1.82, 2.24) is 4.31 Å². The quantitative estimate of drug-likeness (QED) is 0.0544. The molecule has 0 N–H and O–H groups in total. The zero-order valence-electron chi connectivity index (χ0n) is 30.6. The van der Waals surface area contributed by atoms with E-state index in [1.54, 1.807) is 48.5 Å². The average Bonchev–Trinajstić information content (AvgIpc) is 3.16. The molecule has 1 heterocycles. The van der Waals surface area contributed by atoms with Gasteiger partial charge in [-0.05, 0) is 46.2 Å². The second kappa shape index (κ2) is 16.2. The van der Waals surface area contributed by atoms with Gasteiger partial charge in [0.1, 0.15) is 30.6 Å². The summed E-state index contributed by atoms with van der Waals surface area (Å²) in [6.07, 6.45) is -0.131. The first-order valence-electron chi connectivity index (χ1n) is 17.5. The van der Waals surface area contributed by atoms with Crippen LogP contribution in [0.5, 0.6) is 5.75 Å². The van der Waals surface area contributed by atoms with Crippen molar-refractivity contribution in [3.63, 3.8) is 0 Å². The van der Waals surface area contributed by atoms with Crippen molar-refractivity contribution in [2.45, 2.75) is 63.3 Å². The van der Waals surface area contributed by atoms with Crippen molar-refractivity contribution in [2.24, 2.45) is 0 Å². The summed E-state index contributed by atoms with van der Waals surface area (Å²) < 4.78 is 111. The third-order valence-corrected chi connectivity index (χ3v) is 11.3. The van der Waals surface area contributed by atoms with Crippen LogP contribution < -0.4 is 9.64 Å². The van der Waals surface area contributed by atoms with Crippen molar-refractivity contribution in [3.05, 3.63) is 160 Å². The van der Waals surface area contributed by atoms with Crippen LogP contribution in [0.1, 0.15) is 59.8 Å². The number of ether oxygens (including phenoxy) is 2. The highest BCUT2D eigenvalue weighted by Crippen LogP contribution is 2.36. The van der Waals surface area contributed by atoms with Gasteiger partial charge in [-0.15, -0.1) is 0 Å². The third-order valence-electron chi connectivity index (χ3n) is 9.37. The van der Waals surface area contributed by atoms with Gasteiger partial charge in [0, 0.05) is 18.3 Å². The van der Waals surface area contributed by atoms with Gasteiger partial charge in [-0.25, -0.2) is 35.2 Å². The highest BCUT2D eigenvalue weighted by atomic mass is 32.2. The summed E-state index contributed by atoms with van der Waals surface area (Å²) in [5.41, 5.74) is 3.08. The molecule has 1 aliphatic heterocycles. The fourth-order valence-electron chi connectivity index (χ4n) is 6.10. The summed E-state index contributed by atoms with van der Waals surface area (Å²) in [5.74, 6) is -14.0. The monoisotopic (exact) mass is 792 g/mol. The Hall–Kier alpha value is -5.60. The Morgan fingerprint density at radius 2 is 1.29 bits per heavy atom. The van der Waals surface area contributed by atoms with Crippen LogP contribution in [0.2, 0.25) is 0 Å². The zero-order chi connectivity index (χ0) is 40.4. The topological polar surface area (TPSA) is 93.2 Å². The number of sulfonamides is 1. The third kappa shape index (κ3) is 8.31. The minimum atomic E-state index is -5.42. The molecule has 1 aliphatic rings. The van der Waals surface area contributed by atoms with E-state index in [1.807, 2.05) is 57.2 Å². The molecule has 1 atom stereocenters. The van der Waals surface area contributed by atoms with Crippen molar-refractivity contribution >= 4 is 27.6 Å². The van der Waals surface area contributed by atoms with Crippen molar-refractivity contribution in [2.75, 3.05) is 11.4 Å². The molecule has 6 rings (SSSR count). The molecule has 5 aromatic carbocycles. The van der Waals surface area contributed by atoms with Crippen molar-refractivity contribution in [1.29, 1.82) is 0 Å². The van der Waals surface area contributed by atoms with Gasteiger partial charge in [0.15, 0.2) is 28.2 Å². The number of anilines is 1. The average molecular weight is 793 g/mol. The Balaban J connectivity index is 1.39. The van der Waals surface area contributed by atoms with Crippen LogP contribution in [0.3, 0.4) is 0 Å². The molecule has 8 nitrogen and oxygen atoms in total. The number of hydrogen-bond acceptors (Lipinski definition) is 6. The van der Waals surface area contributed by atoms with E-state index in [4.69, 9.17) is 9.47 Å². The van der Waals surface area contributed by atoms with E-state index in [-0.39, 0.29) is 48.6 Å². The molecule has 0 aliphatic carbocycles. The first-order chi connectivity index (χ1) is 26.6. The van der Waals surface area contributed by atoms with Gasteiger partial charge < -0.3 is 14.4 Å². The normalized spacial score (nSPS) is 14.5. The Bertz CT molecular complexity index is 2330. The maximum atomic E-state index is 14.8. The van der Waals surface area contributed by atoms with Gasteiger partial charge in [-0.2, -0.15) is 4.31 Å². The van der Waals surface area contributed by atoms with E-state index in [0.717, 1.165) is 16.7 Å². The number of rotatable bonds is 12. The number of benzene rings is 5. The molecular formula is C42H37F5N2O6S. The van der Waals surface area contributed by atoms with Crippen LogP contribution in [0.15, 0.2) is 108 Å². The molecule has 1 saturated heterocycles. The Morgan fingerprint density at radius 3 is 1.82 bits per heavy atom. The lowest BCUT2D eigenvalue weighted by molar-refractivity contribution is -0.125. The molecule has 0 bridgehead atoms. The van der Waals surface area contributed by atoms with Crippen molar-refractivity contribution in [3.8, 4) is 5.75 Å². The molecule has 56 heavy (non-hydrogen) atoms. The second-order valence-corrected chi connectivity index (χ2v) is 16.0. The number of halogens is 5. The van der Waals surface area contributed by atoms with Gasteiger partial charge in [0.05, 0.1) is 6.54 Å². The maximum absolute atomic E-state index is 14.8. The molecule has 0 radical (unpaired) electrons. The van der Waals surface area contributed by atoms with Crippen LogP contribution in [0.4, 0.5) is 27.6 Å². The predicted molar refractivity (Wildman–Crippen MR) is 198 cm³/mol. The molecule has 5 aromatic rings. The summed E-state index contributed by atoms with van der Waals surface area (Å²) in [7, 11) is -5.42. The summed E-state index contributed by atoms with van der Waals surface area (Å²) in [4.78, 5) is 27.1. The number of carbonyl (C=O) groups is 2. The minimum absolute atomic E-state index is 0.0159. The summed E-state index contributed by atoms with van der Waals surface area (Å²) in [6.45, 7) is 5.47. The molecular weight excluding hydrogens is 756 g/mol. The van der Waals surface area contributed by atoms with Crippen molar-refractivity contribution < 1.29 is 49.4 Å². The predicted octanol–water partition coefficient (Wildman–Crippen LogP) is 8.61. The van der Waals surface area contributed by atoms with E-state index in [0.29, 0.717) is 9.87 Å². The highest BCUT2D eigenvalue weighted by molar-refractivity contribution is 7.89. The van der Waals surface area contributed by atoms with Crippen LogP contribution in [0, 0.1) is 29.1 Å². The number of hydrogen-bond donors (Lipinski definition) is 0. The van der Waals surface area contributed by atoms with Crippen LogP contribution in [-0.4, -0.2) is 37.2 Å². The zero-order valence-corrected chi connectivity index (χ0v) is 31.4. The van der Waals surface area contributed by atoms with Crippen LogP contribution in [-0.2, 0) is 44.7 Å². The Labute approximate surface area is 321 Å². The van der Waals surface area contributed by atoms with E-state index in [9.17, 15) is 40.0 Å². The summed E-state index contributed by atoms with van der Waals surface area (Å²) >= 11 is 0. The van der Waals surface area contributed by atoms with E-state index in [1.165, 1.54) is 23.1 Å². The lowest BCUT2D eigenvalue weighted by Gasteiger charge is -2.41.